The predicted molar refractivity (Wildman–Crippen MR) is 101 cm³/mol. The van der Waals surface area contributed by atoms with Gasteiger partial charge in [-0.2, -0.15) is 5.10 Å². The van der Waals surface area contributed by atoms with E-state index in [-0.39, 0.29) is 10.8 Å². The first kappa shape index (κ1) is 17.1. The molecule has 0 atom stereocenters. The number of aromatic nitrogens is 2. The topological polar surface area (TPSA) is 75.3 Å². The van der Waals surface area contributed by atoms with E-state index in [0.717, 1.165) is 17.3 Å². The van der Waals surface area contributed by atoms with Crippen molar-refractivity contribution in [2.75, 3.05) is 24.1 Å². The van der Waals surface area contributed by atoms with E-state index in [1.54, 1.807) is 24.4 Å². The van der Waals surface area contributed by atoms with Crippen LogP contribution in [0.2, 0.25) is 0 Å². The van der Waals surface area contributed by atoms with Gasteiger partial charge < -0.3 is 4.74 Å². The number of nitrogens with zero attached hydrogens (tertiary/aromatic N) is 2. The first-order valence-corrected chi connectivity index (χ1v) is 10.1. The standard InChI is InChI=1S/C19H21N3O3S/c1-2-14-3-5-17(6-4-14)22(11-15-12-25-13-15)26(23,24)18-7-8-19-16(9-18)10-20-21-19/h3-10,15H,2,11-13H2,1H3,(H,20,21). The van der Waals surface area contributed by atoms with Gasteiger partial charge in [0.25, 0.3) is 10.0 Å². The Morgan fingerprint density at radius 2 is 1.96 bits per heavy atom. The average molecular weight is 371 g/mol. The molecule has 136 valence electrons. The first-order chi connectivity index (χ1) is 12.6. The van der Waals surface area contributed by atoms with Crippen molar-refractivity contribution in [1.82, 2.24) is 10.2 Å². The number of hydrogen-bond donors (Lipinski definition) is 1. The first-order valence-electron chi connectivity index (χ1n) is 8.70. The molecule has 0 radical (unpaired) electrons. The Hall–Kier alpha value is -2.38. The lowest BCUT2D eigenvalue weighted by Crippen LogP contribution is -2.42. The molecule has 0 spiro atoms. The number of aryl methyl sites for hydroxylation is 1. The van der Waals surface area contributed by atoms with Gasteiger partial charge in [0.15, 0.2) is 0 Å². The highest BCUT2D eigenvalue weighted by Gasteiger charge is 2.30. The van der Waals surface area contributed by atoms with Gasteiger partial charge in [0.05, 0.1) is 35.5 Å². The number of hydrogen-bond acceptors (Lipinski definition) is 4. The van der Waals surface area contributed by atoms with Gasteiger partial charge in [-0.3, -0.25) is 9.40 Å². The quantitative estimate of drug-likeness (QED) is 0.723. The number of aromatic amines is 1. The van der Waals surface area contributed by atoms with E-state index in [1.807, 2.05) is 24.3 Å². The second kappa shape index (κ2) is 6.74. The zero-order valence-corrected chi connectivity index (χ0v) is 15.4. The molecule has 0 unspecified atom stereocenters. The van der Waals surface area contributed by atoms with Gasteiger partial charge in [-0.05, 0) is 42.3 Å². The molecule has 1 fully saturated rings. The number of H-pyrrole nitrogens is 1. The van der Waals surface area contributed by atoms with Crippen LogP contribution in [-0.2, 0) is 21.2 Å². The molecule has 1 N–H and O–H groups in total. The fourth-order valence-electron chi connectivity index (χ4n) is 3.07. The number of ether oxygens (including phenoxy) is 1. The van der Waals surface area contributed by atoms with E-state index in [9.17, 15) is 8.42 Å². The zero-order chi connectivity index (χ0) is 18.1. The van der Waals surface area contributed by atoms with Crippen molar-refractivity contribution >= 4 is 26.6 Å². The lowest BCUT2D eigenvalue weighted by molar-refractivity contribution is -0.0262. The minimum absolute atomic E-state index is 0.216. The number of nitrogens with one attached hydrogen (secondary N) is 1. The Bertz CT molecular complexity index is 1010. The second-order valence-corrected chi connectivity index (χ2v) is 8.44. The number of anilines is 1. The van der Waals surface area contributed by atoms with Crippen molar-refractivity contribution in [3.8, 4) is 0 Å². The van der Waals surface area contributed by atoms with Gasteiger partial charge in [0, 0.05) is 17.8 Å². The van der Waals surface area contributed by atoms with Gasteiger partial charge in [0.2, 0.25) is 0 Å². The Morgan fingerprint density at radius 1 is 1.19 bits per heavy atom. The maximum Gasteiger partial charge on any atom is 0.264 e. The molecule has 2 heterocycles. The molecular formula is C19H21N3O3S. The van der Waals surface area contributed by atoms with E-state index >= 15 is 0 Å². The zero-order valence-electron chi connectivity index (χ0n) is 14.6. The Labute approximate surface area is 152 Å². The molecule has 0 bridgehead atoms. The summed E-state index contributed by atoms with van der Waals surface area (Å²) in [5, 5.41) is 7.59. The summed E-state index contributed by atoms with van der Waals surface area (Å²) in [4.78, 5) is 0.270. The fourth-order valence-corrected chi connectivity index (χ4v) is 4.65. The van der Waals surface area contributed by atoms with Gasteiger partial charge in [-0.15, -0.1) is 0 Å². The lowest BCUT2D eigenvalue weighted by atomic mass is 10.1. The van der Waals surface area contributed by atoms with Crippen LogP contribution >= 0.6 is 0 Å². The molecule has 2 aromatic carbocycles. The molecule has 6 nitrogen and oxygen atoms in total. The normalized spacial score (nSPS) is 15.1. The molecule has 0 aliphatic carbocycles. The molecular weight excluding hydrogens is 350 g/mol. The van der Waals surface area contributed by atoms with Crippen molar-refractivity contribution < 1.29 is 13.2 Å². The summed E-state index contributed by atoms with van der Waals surface area (Å²) in [6, 6.07) is 12.8. The van der Waals surface area contributed by atoms with Crippen molar-refractivity contribution in [2.24, 2.45) is 5.92 Å². The lowest BCUT2D eigenvalue weighted by Gasteiger charge is -2.33. The number of fused-ring (bicyclic) bond motifs is 1. The van der Waals surface area contributed by atoms with Crippen LogP contribution in [0.1, 0.15) is 12.5 Å². The highest BCUT2D eigenvalue weighted by Crippen LogP contribution is 2.28. The molecule has 26 heavy (non-hydrogen) atoms. The number of benzene rings is 2. The van der Waals surface area contributed by atoms with Gasteiger partial charge >= 0.3 is 0 Å². The fraction of sp³-hybridized carbons (Fsp3) is 0.316. The summed E-state index contributed by atoms with van der Waals surface area (Å²) >= 11 is 0. The van der Waals surface area contributed by atoms with Gasteiger partial charge in [-0.25, -0.2) is 8.42 Å². The van der Waals surface area contributed by atoms with Crippen molar-refractivity contribution in [1.29, 1.82) is 0 Å². The molecule has 0 saturated carbocycles. The summed E-state index contributed by atoms with van der Waals surface area (Å²) in [5.41, 5.74) is 2.68. The third-order valence-corrected chi connectivity index (χ3v) is 6.55. The average Bonchev–Trinajstić information content (AvgIpc) is 3.08. The molecule has 1 aliphatic rings. The molecule has 1 aromatic heterocycles. The van der Waals surface area contributed by atoms with Crippen LogP contribution in [0.4, 0.5) is 5.69 Å². The van der Waals surface area contributed by atoms with Crippen LogP contribution in [0, 0.1) is 5.92 Å². The van der Waals surface area contributed by atoms with E-state index in [2.05, 4.69) is 17.1 Å². The number of sulfonamides is 1. The van der Waals surface area contributed by atoms with Crippen LogP contribution in [-0.4, -0.2) is 38.4 Å². The maximum absolute atomic E-state index is 13.4. The minimum Gasteiger partial charge on any atom is -0.381 e. The largest absolute Gasteiger partial charge is 0.381 e. The summed E-state index contributed by atoms with van der Waals surface area (Å²) in [5.74, 6) is 0.216. The van der Waals surface area contributed by atoms with Crippen molar-refractivity contribution in [2.45, 2.75) is 18.2 Å². The molecule has 7 heteroatoms. The summed E-state index contributed by atoms with van der Waals surface area (Å²) < 4.78 is 33.5. The van der Waals surface area contributed by atoms with E-state index in [4.69, 9.17) is 4.74 Å². The number of rotatable bonds is 6. The van der Waals surface area contributed by atoms with Gasteiger partial charge in [0.1, 0.15) is 0 Å². The third-order valence-electron chi connectivity index (χ3n) is 4.76. The van der Waals surface area contributed by atoms with Crippen LogP contribution < -0.4 is 4.31 Å². The molecule has 1 saturated heterocycles. The SMILES string of the molecule is CCc1ccc(N(CC2COC2)S(=O)(=O)c2ccc3[nH]ncc3c2)cc1. The van der Waals surface area contributed by atoms with E-state index < -0.39 is 10.0 Å². The summed E-state index contributed by atoms with van der Waals surface area (Å²) in [7, 11) is -3.68. The Morgan fingerprint density at radius 3 is 2.62 bits per heavy atom. The molecule has 4 rings (SSSR count). The van der Waals surface area contributed by atoms with Crippen LogP contribution in [0.25, 0.3) is 10.9 Å². The van der Waals surface area contributed by atoms with Crippen molar-refractivity contribution in [3.05, 3.63) is 54.2 Å². The highest BCUT2D eigenvalue weighted by molar-refractivity contribution is 7.92. The van der Waals surface area contributed by atoms with Crippen LogP contribution in [0.15, 0.2) is 53.6 Å². The van der Waals surface area contributed by atoms with Crippen LogP contribution in [0.5, 0.6) is 0 Å². The third kappa shape index (κ3) is 3.08. The van der Waals surface area contributed by atoms with Gasteiger partial charge in [-0.1, -0.05) is 19.1 Å². The van der Waals surface area contributed by atoms with Crippen molar-refractivity contribution in [3.63, 3.8) is 0 Å². The predicted octanol–water partition coefficient (Wildman–Crippen LogP) is 2.97. The summed E-state index contributed by atoms with van der Waals surface area (Å²) in [6.07, 6.45) is 2.55. The second-order valence-electron chi connectivity index (χ2n) is 6.58. The summed E-state index contributed by atoms with van der Waals surface area (Å²) in [6.45, 7) is 3.69. The molecule has 0 amide bonds. The van der Waals surface area contributed by atoms with E-state index in [0.29, 0.717) is 25.4 Å². The molecule has 1 aliphatic heterocycles. The monoisotopic (exact) mass is 371 g/mol. The molecule has 3 aromatic rings. The van der Waals surface area contributed by atoms with E-state index in [1.165, 1.54) is 9.87 Å². The Balaban J connectivity index is 1.74. The highest BCUT2D eigenvalue weighted by atomic mass is 32.2. The minimum atomic E-state index is -3.68. The maximum atomic E-state index is 13.4. The van der Waals surface area contributed by atoms with Crippen LogP contribution in [0.3, 0.4) is 0 Å². The smallest absolute Gasteiger partial charge is 0.264 e. The Kier molecular flexibility index (Phi) is 4.42.